The number of methoxy groups -OCH3 is 2. The molecule has 1 aliphatic rings. The maximum atomic E-state index is 13.8. The normalized spacial score (nSPS) is 17.6. The maximum Gasteiger partial charge on any atom is 0.204 e. The van der Waals surface area contributed by atoms with Crippen LogP contribution >= 0.6 is 0 Å². The Kier molecular flexibility index (Phi) is 7.29. The molecule has 1 heterocycles. The Hall–Kier alpha value is -3.03. The summed E-state index contributed by atoms with van der Waals surface area (Å²) in [6.07, 6.45) is 1.67. The number of phenolic OH excluding ortho intramolecular Hbond substituents is 3. The number of benzene rings is 2. The van der Waals surface area contributed by atoms with Crippen molar-refractivity contribution in [3.8, 4) is 23.0 Å². The summed E-state index contributed by atoms with van der Waals surface area (Å²) in [7, 11) is 3.12. The van der Waals surface area contributed by atoms with Crippen LogP contribution in [0.5, 0.6) is 23.0 Å². The molecule has 0 saturated heterocycles. The first-order valence-electron chi connectivity index (χ1n) is 11.2. The molecule has 2 atom stereocenters. The molecule has 0 saturated carbocycles. The van der Waals surface area contributed by atoms with Crippen molar-refractivity contribution >= 4 is 5.78 Å². The number of ether oxygens (including phenoxy) is 3. The van der Waals surface area contributed by atoms with Gasteiger partial charge in [0.25, 0.3) is 0 Å². The zero-order valence-electron chi connectivity index (χ0n) is 20.9. The zero-order valence-corrected chi connectivity index (χ0v) is 20.9. The molecular formula is C27H34O7. The lowest BCUT2D eigenvalue weighted by Gasteiger charge is -2.42. The van der Waals surface area contributed by atoms with Crippen molar-refractivity contribution in [2.45, 2.75) is 52.7 Å². The third-order valence-electron chi connectivity index (χ3n) is 6.64. The van der Waals surface area contributed by atoms with E-state index in [1.165, 1.54) is 19.2 Å². The molecule has 3 rings (SSSR count). The first kappa shape index (κ1) is 25.6. The number of carbonyl (C=O) groups is 1. The molecule has 7 nitrogen and oxygen atoms in total. The van der Waals surface area contributed by atoms with E-state index in [0.29, 0.717) is 35.5 Å². The molecule has 0 radical (unpaired) electrons. The molecule has 2 aromatic carbocycles. The second kappa shape index (κ2) is 9.68. The first-order valence-corrected chi connectivity index (χ1v) is 11.2. The number of aryl methyl sites for hydroxylation is 1. The molecule has 0 aromatic heterocycles. The lowest BCUT2D eigenvalue weighted by atomic mass is 9.78. The van der Waals surface area contributed by atoms with E-state index in [2.05, 4.69) is 0 Å². The third-order valence-corrected chi connectivity index (χ3v) is 6.64. The van der Waals surface area contributed by atoms with Crippen molar-refractivity contribution < 1.29 is 34.3 Å². The van der Waals surface area contributed by atoms with Crippen LogP contribution in [0.15, 0.2) is 29.8 Å². The molecule has 0 unspecified atom stereocenters. The highest BCUT2D eigenvalue weighted by molar-refractivity contribution is 6.15. The summed E-state index contributed by atoms with van der Waals surface area (Å²) in [6, 6.07) is 4.39. The minimum atomic E-state index is -0.718. The summed E-state index contributed by atoms with van der Waals surface area (Å²) in [5, 5.41) is 32.4. The monoisotopic (exact) mass is 470 g/mol. The second-order valence-corrected chi connectivity index (χ2v) is 9.49. The number of fused-ring (bicyclic) bond motifs is 1. The molecule has 0 amide bonds. The van der Waals surface area contributed by atoms with E-state index in [4.69, 9.17) is 14.2 Å². The van der Waals surface area contributed by atoms with Crippen LogP contribution in [-0.2, 0) is 15.9 Å². The molecule has 34 heavy (non-hydrogen) atoms. The van der Waals surface area contributed by atoms with Gasteiger partial charge in [-0.2, -0.15) is 0 Å². The van der Waals surface area contributed by atoms with E-state index in [1.54, 1.807) is 20.1 Å². The average molecular weight is 471 g/mol. The van der Waals surface area contributed by atoms with Gasteiger partial charge in [-0.05, 0) is 64.3 Å². The summed E-state index contributed by atoms with van der Waals surface area (Å²) in [6.45, 7) is 9.74. The Morgan fingerprint density at radius 2 is 1.82 bits per heavy atom. The fourth-order valence-electron chi connectivity index (χ4n) is 4.42. The van der Waals surface area contributed by atoms with Crippen LogP contribution < -0.4 is 4.74 Å². The Labute approximate surface area is 200 Å². The lowest BCUT2D eigenvalue weighted by molar-refractivity contribution is -0.110. The van der Waals surface area contributed by atoms with Gasteiger partial charge in [-0.15, -0.1) is 0 Å². The molecule has 184 valence electrons. The van der Waals surface area contributed by atoms with Crippen molar-refractivity contribution in [3.63, 3.8) is 0 Å². The summed E-state index contributed by atoms with van der Waals surface area (Å²) < 4.78 is 17.6. The van der Waals surface area contributed by atoms with Gasteiger partial charge < -0.3 is 29.5 Å². The molecule has 0 aliphatic carbocycles. The van der Waals surface area contributed by atoms with Crippen LogP contribution in [0.1, 0.15) is 66.4 Å². The topological polar surface area (TPSA) is 105 Å². The van der Waals surface area contributed by atoms with Gasteiger partial charge in [0, 0.05) is 19.8 Å². The molecule has 0 bridgehead atoms. The van der Waals surface area contributed by atoms with Gasteiger partial charge in [0.1, 0.15) is 28.6 Å². The smallest absolute Gasteiger partial charge is 0.204 e. The second-order valence-electron chi connectivity index (χ2n) is 9.49. The Balaban J connectivity index is 2.24. The van der Waals surface area contributed by atoms with Crippen molar-refractivity contribution in [1.82, 2.24) is 0 Å². The van der Waals surface area contributed by atoms with Crippen LogP contribution in [-0.4, -0.2) is 47.5 Å². The molecule has 2 aromatic rings. The van der Waals surface area contributed by atoms with Gasteiger partial charge in [-0.25, -0.2) is 0 Å². The van der Waals surface area contributed by atoms with E-state index in [0.717, 1.165) is 5.57 Å². The van der Waals surface area contributed by atoms with E-state index in [-0.39, 0.29) is 34.3 Å². The minimum absolute atomic E-state index is 0.0750. The lowest BCUT2D eigenvalue weighted by Crippen LogP contribution is -2.44. The van der Waals surface area contributed by atoms with Gasteiger partial charge >= 0.3 is 0 Å². The Morgan fingerprint density at radius 1 is 1.15 bits per heavy atom. The molecule has 0 spiro atoms. The number of phenols is 3. The summed E-state index contributed by atoms with van der Waals surface area (Å²) in [4.78, 5) is 13.8. The van der Waals surface area contributed by atoms with Gasteiger partial charge in [0.15, 0.2) is 0 Å². The summed E-state index contributed by atoms with van der Waals surface area (Å²) >= 11 is 0. The molecule has 7 heteroatoms. The van der Waals surface area contributed by atoms with E-state index in [1.807, 2.05) is 33.8 Å². The van der Waals surface area contributed by atoms with E-state index in [9.17, 15) is 20.1 Å². The number of hydrogen-bond donors (Lipinski definition) is 3. The molecule has 3 N–H and O–H groups in total. The zero-order chi connectivity index (χ0) is 25.4. The Bertz CT molecular complexity index is 1130. The molecular weight excluding hydrogens is 436 g/mol. The first-order chi connectivity index (χ1) is 15.9. The fourth-order valence-corrected chi connectivity index (χ4v) is 4.42. The van der Waals surface area contributed by atoms with Crippen LogP contribution in [0.25, 0.3) is 0 Å². The van der Waals surface area contributed by atoms with Crippen LogP contribution in [0.2, 0.25) is 0 Å². The SMILES string of the molecule is CO[C@H]1c2c(c(C)cc(O)c2C(=O)c2c(O)ccc(CC=C(C)C)c2O)OC[C@@H]1C(C)(C)OC. The highest BCUT2D eigenvalue weighted by Gasteiger charge is 2.45. The van der Waals surface area contributed by atoms with Crippen molar-refractivity contribution in [2.24, 2.45) is 5.92 Å². The van der Waals surface area contributed by atoms with Gasteiger partial charge in [0.05, 0.1) is 29.8 Å². The fraction of sp³-hybridized carbons (Fsp3) is 0.444. The Morgan fingerprint density at radius 3 is 2.41 bits per heavy atom. The van der Waals surface area contributed by atoms with Crippen LogP contribution in [0, 0.1) is 12.8 Å². The number of ketones is 1. The summed E-state index contributed by atoms with van der Waals surface area (Å²) in [5.41, 5.74) is 1.55. The standard InChI is InChI=1S/C27H34O7/c1-14(2)8-9-16-10-11-18(28)21(23(16)30)24(31)20-19(29)12-15(3)25-22(20)26(32-6)17(13-34-25)27(4,5)33-7/h8,10-12,17,26,28-30H,9,13H2,1-7H3/t17-,26+/m0/s1. The number of hydrogen-bond acceptors (Lipinski definition) is 7. The van der Waals surface area contributed by atoms with Gasteiger partial charge in [-0.1, -0.05) is 17.7 Å². The molecule has 0 fully saturated rings. The summed E-state index contributed by atoms with van der Waals surface area (Å²) in [5.74, 6) is -1.56. The third kappa shape index (κ3) is 4.50. The number of aromatic hydroxyl groups is 3. The number of allylic oxidation sites excluding steroid dienone is 2. The largest absolute Gasteiger partial charge is 0.507 e. The van der Waals surface area contributed by atoms with Crippen LogP contribution in [0.4, 0.5) is 0 Å². The van der Waals surface area contributed by atoms with Crippen LogP contribution in [0.3, 0.4) is 0 Å². The quantitative estimate of drug-likeness (QED) is 0.387. The predicted molar refractivity (Wildman–Crippen MR) is 129 cm³/mol. The molecule has 1 aliphatic heterocycles. The van der Waals surface area contributed by atoms with E-state index >= 15 is 0 Å². The highest BCUT2D eigenvalue weighted by atomic mass is 16.5. The predicted octanol–water partition coefficient (Wildman–Crippen LogP) is 4.97. The van der Waals surface area contributed by atoms with E-state index < -0.39 is 17.5 Å². The number of carbonyl (C=O) groups excluding carboxylic acids is 1. The minimum Gasteiger partial charge on any atom is -0.507 e. The number of rotatable bonds is 7. The van der Waals surface area contributed by atoms with Crippen molar-refractivity contribution in [3.05, 3.63) is 57.7 Å². The maximum absolute atomic E-state index is 13.8. The van der Waals surface area contributed by atoms with Crippen molar-refractivity contribution in [1.29, 1.82) is 0 Å². The average Bonchev–Trinajstić information content (AvgIpc) is 2.77. The highest BCUT2D eigenvalue weighted by Crippen LogP contribution is 2.49. The van der Waals surface area contributed by atoms with Crippen molar-refractivity contribution in [2.75, 3.05) is 20.8 Å². The van der Waals surface area contributed by atoms with Gasteiger partial charge in [0.2, 0.25) is 5.78 Å². The van der Waals surface area contributed by atoms with Gasteiger partial charge in [-0.3, -0.25) is 4.79 Å².